The average molecular weight is 242 g/mol. The molecule has 1 saturated carbocycles. The molecule has 5 heteroatoms. The van der Waals surface area contributed by atoms with E-state index in [0.717, 1.165) is 19.3 Å². The van der Waals surface area contributed by atoms with E-state index in [1.165, 1.54) is 0 Å². The van der Waals surface area contributed by atoms with Crippen molar-refractivity contribution in [2.45, 2.75) is 45.6 Å². The highest BCUT2D eigenvalue weighted by Gasteiger charge is 2.31. The van der Waals surface area contributed by atoms with Gasteiger partial charge < -0.3 is 15.3 Å². The second-order valence-electron chi connectivity index (χ2n) is 4.58. The van der Waals surface area contributed by atoms with Gasteiger partial charge in [0.25, 0.3) is 0 Å². The molecule has 0 spiro atoms. The Kier molecular flexibility index (Phi) is 5.25. The molecule has 5 nitrogen and oxygen atoms in total. The zero-order chi connectivity index (χ0) is 12.8. The van der Waals surface area contributed by atoms with Gasteiger partial charge in [-0.15, -0.1) is 0 Å². The number of carboxylic acid groups (broad SMARTS) is 1. The fraction of sp³-hybridized carbons (Fsp3) is 0.833. The van der Waals surface area contributed by atoms with Crippen molar-refractivity contribution in [3.8, 4) is 0 Å². The quantitative estimate of drug-likeness (QED) is 0.713. The number of hydrogen-bond acceptors (Lipinski definition) is 2. The maximum atomic E-state index is 11.8. The van der Waals surface area contributed by atoms with Gasteiger partial charge in [0.05, 0.1) is 0 Å². The molecule has 1 fully saturated rings. The van der Waals surface area contributed by atoms with Crippen LogP contribution < -0.4 is 5.32 Å². The molecule has 1 aliphatic carbocycles. The third-order valence-corrected chi connectivity index (χ3v) is 3.17. The highest BCUT2D eigenvalue weighted by molar-refractivity contribution is 5.75. The van der Waals surface area contributed by atoms with Crippen LogP contribution in [0.2, 0.25) is 0 Å². The highest BCUT2D eigenvalue weighted by Crippen LogP contribution is 2.26. The lowest BCUT2D eigenvalue weighted by Gasteiger charge is -2.22. The molecule has 0 aromatic rings. The minimum atomic E-state index is -0.805. The Morgan fingerprint density at radius 3 is 2.47 bits per heavy atom. The molecular weight excluding hydrogens is 220 g/mol. The van der Waals surface area contributed by atoms with Crippen molar-refractivity contribution in [1.82, 2.24) is 10.2 Å². The normalized spacial score (nSPS) is 16.4. The van der Waals surface area contributed by atoms with E-state index < -0.39 is 5.97 Å². The summed E-state index contributed by atoms with van der Waals surface area (Å²) in [4.78, 5) is 24.3. The largest absolute Gasteiger partial charge is 0.481 e. The van der Waals surface area contributed by atoms with Crippen LogP contribution in [0.5, 0.6) is 0 Å². The number of amides is 2. The number of urea groups is 1. The first-order valence-corrected chi connectivity index (χ1v) is 6.34. The van der Waals surface area contributed by atoms with Crippen LogP contribution in [0.3, 0.4) is 0 Å². The number of carbonyl (C=O) groups excluding carboxylic acids is 1. The van der Waals surface area contributed by atoms with Gasteiger partial charge in [-0.3, -0.25) is 4.79 Å². The smallest absolute Gasteiger partial charge is 0.317 e. The predicted octanol–water partition coefficient (Wildman–Crippen LogP) is 1.68. The lowest BCUT2D eigenvalue weighted by molar-refractivity contribution is -0.138. The van der Waals surface area contributed by atoms with Crippen LogP contribution in [0.25, 0.3) is 0 Å². The third-order valence-electron chi connectivity index (χ3n) is 3.17. The molecule has 17 heavy (non-hydrogen) atoms. The maximum Gasteiger partial charge on any atom is 0.317 e. The molecule has 1 atom stereocenters. The molecule has 0 saturated heterocycles. The molecular formula is C12H22N2O3. The summed E-state index contributed by atoms with van der Waals surface area (Å²) in [5.41, 5.74) is 0. The van der Waals surface area contributed by atoms with Crippen molar-refractivity contribution in [1.29, 1.82) is 0 Å². The fourth-order valence-electron chi connectivity index (χ4n) is 1.89. The first-order chi connectivity index (χ1) is 8.08. The Bertz CT molecular complexity index is 277. The zero-order valence-corrected chi connectivity index (χ0v) is 10.6. The SMILES string of the molecule is CCC(CNC(=O)N(CC)C1CC1)CC(=O)O. The Morgan fingerprint density at radius 1 is 1.41 bits per heavy atom. The maximum absolute atomic E-state index is 11.8. The summed E-state index contributed by atoms with van der Waals surface area (Å²) < 4.78 is 0. The van der Waals surface area contributed by atoms with Crippen LogP contribution in [-0.2, 0) is 4.79 Å². The molecule has 2 amide bonds. The van der Waals surface area contributed by atoms with Crippen molar-refractivity contribution in [3.05, 3.63) is 0 Å². The number of rotatable bonds is 7. The van der Waals surface area contributed by atoms with E-state index in [0.29, 0.717) is 19.1 Å². The summed E-state index contributed by atoms with van der Waals surface area (Å²) in [6.45, 7) is 5.07. The zero-order valence-electron chi connectivity index (χ0n) is 10.6. The van der Waals surface area contributed by atoms with Crippen molar-refractivity contribution in [2.75, 3.05) is 13.1 Å². The topological polar surface area (TPSA) is 69.6 Å². The van der Waals surface area contributed by atoms with Crippen molar-refractivity contribution in [3.63, 3.8) is 0 Å². The van der Waals surface area contributed by atoms with Crippen molar-refractivity contribution in [2.24, 2.45) is 5.92 Å². The standard InChI is InChI=1S/C12H22N2O3/c1-3-9(7-11(15)16)8-13-12(17)14(4-2)10-5-6-10/h9-10H,3-8H2,1-2H3,(H,13,17)(H,15,16). The highest BCUT2D eigenvalue weighted by atomic mass is 16.4. The van der Waals surface area contributed by atoms with Gasteiger partial charge >= 0.3 is 12.0 Å². The Labute approximate surface area is 102 Å². The number of nitrogens with one attached hydrogen (secondary N) is 1. The van der Waals surface area contributed by atoms with E-state index in [1.54, 1.807) is 0 Å². The fourth-order valence-corrected chi connectivity index (χ4v) is 1.89. The average Bonchev–Trinajstić information content (AvgIpc) is 3.09. The minimum absolute atomic E-state index is 0.0226. The lowest BCUT2D eigenvalue weighted by atomic mass is 10.0. The number of carboxylic acids is 1. The first kappa shape index (κ1) is 13.8. The van der Waals surface area contributed by atoms with Crippen LogP contribution in [0, 0.1) is 5.92 Å². The molecule has 0 bridgehead atoms. The Hall–Kier alpha value is -1.26. The van der Waals surface area contributed by atoms with Gasteiger partial charge in [-0.25, -0.2) is 4.79 Å². The van der Waals surface area contributed by atoms with Gasteiger partial charge in [-0.05, 0) is 25.7 Å². The summed E-state index contributed by atoms with van der Waals surface area (Å²) in [6, 6.07) is 0.346. The minimum Gasteiger partial charge on any atom is -0.481 e. The van der Waals surface area contributed by atoms with E-state index in [2.05, 4.69) is 5.32 Å². The van der Waals surface area contributed by atoms with E-state index in [1.807, 2.05) is 18.7 Å². The number of hydrogen-bond donors (Lipinski definition) is 2. The second kappa shape index (κ2) is 6.47. The predicted molar refractivity (Wildman–Crippen MR) is 64.8 cm³/mol. The van der Waals surface area contributed by atoms with Gasteiger partial charge in [-0.1, -0.05) is 13.3 Å². The molecule has 0 radical (unpaired) electrons. The molecule has 0 aliphatic heterocycles. The Morgan fingerprint density at radius 2 is 2.06 bits per heavy atom. The van der Waals surface area contributed by atoms with Crippen LogP contribution in [0.4, 0.5) is 4.79 Å². The van der Waals surface area contributed by atoms with E-state index >= 15 is 0 Å². The van der Waals surface area contributed by atoms with Gasteiger partial charge in [0, 0.05) is 25.6 Å². The summed E-state index contributed by atoms with van der Waals surface area (Å²) in [5, 5.41) is 11.5. The summed E-state index contributed by atoms with van der Waals surface area (Å²) in [5.74, 6) is -0.782. The molecule has 1 rings (SSSR count). The van der Waals surface area contributed by atoms with Gasteiger partial charge in [0.1, 0.15) is 0 Å². The number of carbonyl (C=O) groups is 2. The van der Waals surface area contributed by atoms with E-state index in [-0.39, 0.29) is 18.4 Å². The van der Waals surface area contributed by atoms with Crippen LogP contribution in [0.15, 0.2) is 0 Å². The van der Waals surface area contributed by atoms with Gasteiger partial charge in [0.15, 0.2) is 0 Å². The summed E-state index contributed by atoms with van der Waals surface area (Å²) in [6.07, 6.45) is 3.07. The summed E-state index contributed by atoms with van der Waals surface area (Å²) >= 11 is 0. The monoisotopic (exact) mass is 242 g/mol. The third kappa shape index (κ3) is 4.63. The molecule has 0 aromatic heterocycles. The Balaban J connectivity index is 2.31. The lowest BCUT2D eigenvalue weighted by Crippen LogP contribution is -2.43. The molecule has 1 unspecified atom stereocenters. The molecule has 0 aromatic carbocycles. The van der Waals surface area contributed by atoms with E-state index in [4.69, 9.17) is 5.11 Å². The summed E-state index contributed by atoms with van der Waals surface area (Å²) in [7, 11) is 0. The molecule has 1 aliphatic rings. The molecule has 2 N–H and O–H groups in total. The number of nitrogens with zero attached hydrogens (tertiary/aromatic N) is 1. The van der Waals surface area contributed by atoms with Crippen molar-refractivity contribution < 1.29 is 14.7 Å². The van der Waals surface area contributed by atoms with Gasteiger partial charge in [-0.2, -0.15) is 0 Å². The first-order valence-electron chi connectivity index (χ1n) is 6.34. The van der Waals surface area contributed by atoms with Crippen LogP contribution >= 0.6 is 0 Å². The molecule has 0 heterocycles. The van der Waals surface area contributed by atoms with Gasteiger partial charge in [0.2, 0.25) is 0 Å². The molecule has 98 valence electrons. The van der Waals surface area contributed by atoms with Crippen LogP contribution in [0.1, 0.15) is 39.5 Å². The van der Waals surface area contributed by atoms with E-state index in [9.17, 15) is 9.59 Å². The second-order valence-corrected chi connectivity index (χ2v) is 4.58. The van der Waals surface area contributed by atoms with Crippen LogP contribution in [-0.4, -0.2) is 41.1 Å². The van der Waals surface area contributed by atoms with Crippen molar-refractivity contribution >= 4 is 12.0 Å². The number of aliphatic carboxylic acids is 1.